The van der Waals surface area contributed by atoms with Gasteiger partial charge in [0.2, 0.25) is 11.7 Å². The number of benzene rings is 2. The van der Waals surface area contributed by atoms with Gasteiger partial charge in [-0.3, -0.25) is 4.79 Å². The van der Waals surface area contributed by atoms with Gasteiger partial charge in [0.25, 0.3) is 0 Å². The van der Waals surface area contributed by atoms with Crippen molar-refractivity contribution in [2.24, 2.45) is 0 Å². The smallest absolute Gasteiger partial charge is 0.449 e. The lowest BCUT2D eigenvalue weighted by Gasteiger charge is -2.26. The highest BCUT2D eigenvalue weighted by Gasteiger charge is 2.39. The number of amides is 1. The van der Waals surface area contributed by atoms with Gasteiger partial charge in [0, 0.05) is 13.0 Å². The molecule has 3 aromatic rings. The molecule has 32 heavy (non-hydrogen) atoms. The van der Waals surface area contributed by atoms with E-state index < -0.39 is 18.5 Å². The molecule has 0 unspecified atom stereocenters. The summed E-state index contributed by atoms with van der Waals surface area (Å²) < 4.78 is 53.3. The van der Waals surface area contributed by atoms with Crippen LogP contribution in [-0.4, -0.2) is 40.1 Å². The number of likely N-dealkylation sites (tertiary alicyclic amines) is 1. The van der Waals surface area contributed by atoms with Gasteiger partial charge in [0.1, 0.15) is 6.54 Å². The van der Waals surface area contributed by atoms with E-state index in [1.54, 1.807) is 23.1 Å². The van der Waals surface area contributed by atoms with Crippen molar-refractivity contribution in [3.05, 3.63) is 53.9 Å². The van der Waals surface area contributed by atoms with E-state index in [1.165, 1.54) is 6.07 Å². The molecule has 0 aliphatic carbocycles. The Hall–Kier alpha value is -3.23. The summed E-state index contributed by atoms with van der Waals surface area (Å²) in [6.07, 6.45) is -2.35. The Balaban J connectivity index is 1.44. The van der Waals surface area contributed by atoms with E-state index in [1.807, 2.05) is 18.2 Å². The highest BCUT2D eigenvalue weighted by molar-refractivity contribution is 5.81. The quantitative estimate of drug-likeness (QED) is 0.592. The Morgan fingerprint density at radius 1 is 1.06 bits per heavy atom. The topological polar surface area (TPSA) is 56.6 Å². The van der Waals surface area contributed by atoms with Crippen LogP contribution in [-0.2, 0) is 17.5 Å². The number of carbonyl (C=O) groups excluding carboxylic acids is 1. The van der Waals surface area contributed by atoms with Crippen LogP contribution in [0, 0.1) is 0 Å². The summed E-state index contributed by atoms with van der Waals surface area (Å²) in [5.41, 5.74) is 1.40. The molecule has 0 radical (unpaired) electrons. The summed E-state index contributed by atoms with van der Waals surface area (Å²) in [5.74, 6) is -0.118. The van der Waals surface area contributed by atoms with E-state index in [4.69, 9.17) is 9.47 Å². The Morgan fingerprint density at radius 2 is 1.84 bits per heavy atom. The van der Waals surface area contributed by atoms with Crippen LogP contribution in [0.5, 0.6) is 11.5 Å². The summed E-state index contributed by atoms with van der Waals surface area (Å²) >= 11 is 0. The van der Waals surface area contributed by atoms with Crippen LogP contribution in [0.4, 0.5) is 13.2 Å². The average molecular weight is 445 g/mol. The van der Waals surface area contributed by atoms with Crippen molar-refractivity contribution < 1.29 is 27.4 Å². The Bertz CT molecular complexity index is 1160. The zero-order valence-electron chi connectivity index (χ0n) is 17.3. The molecular formula is C23H22F3N3O3. The number of rotatable bonds is 3. The number of fused-ring (bicyclic) bond motifs is 2. The van der Waals surface area contributed by atoms with Gasteiger partial charge in [-0.15, -0.1) is 0 Å². The highest BCUT2D eigenvalue weighted by atomic mass is 19.4. The minimum Gasteiger partial charge on any atom is -0.490 e. The molecule has 1 aromatic heterocycles. The largest absolute Gasteiger partial charge is 0.490 e. The fourth-order valence-corrected chi connectivity index (χ4v) is 4.48. The number of ether oxygens (including phenoxy) is 2. The number of nitrogens with zero attached hydrogens (tertiary/aromatic N) is 3. The average Bonchev–Trinajstić information content (AvgIpc) is 3.32. The standard InChI is InChI=1S/C23H22F3N3O3/c24-23(25,26)22-27-16-5-1-2-6-18(16)29(22)14-21(30)28-10-3-7-17(28)15-8-9-19-20(13-15)32-12-4-11-31-19/h1-2,5-6,8-9,13,17H,3-4,7,10-12,14H2/t17-/m1/s1. The molecule has 2 aliphatic rings. The van der Waals surface area contributed by atoms with Gasteiger partial charge in [0.05, 0.1) is 30.3 Å². The van der Waals surface area contributed by atoms with E-state index in [0.717, 1.165) is 29.4 Å². The number of hydrogen-bond acceptors (Lipinski definition) is 4. The van der Waals surface area contributed by atoms with E-state index >= 15 is 0 Å². The molecule has 9 heteroatoms. The number of carbonyl (C=O) groups is 1. The number of para-hydroxylation sites is 2. The van der Waals surface area contributed by atoms with E-state index in [2.05, 4.69) is 4.98 Å². The first-order valence-corrected chi connectivity index (χ1v) is 10.6. The van der Waals surface area contributed by atoms with Crippen molar-refractivity contribution in [1.82, 2.24) is 14.5 Å². The summed E-state index contributed by atoms with van der Waals surface area (Å²) in [4.78, 5) is 18.6. The monoisotopic (exact) mass is 445 g/mol. The summed E-state index contributed by atoms with van der Waals surface area (Å²) in [6, 6.07) is 11.7. The minimum atomic E-state index is -4.65. The van der Waals surface area contributed by atoms with Gasteiger partial charge >= 0.3 is 6.18 Å². The second-order valence-electron chi connectivity index (χ2n) is 8.01. The summed E-state index contributed by atoms with van der Waals surface area (Å²) in [5, 5.41) is 0. The van der Waals surface area contributed by atoms with Gasteiger partial charge in [-0.25, -0.2) is 4.98 Å². The Morgan fingerprint density at radius 3 is 2.66 bits per heavy atom. The fraction of sp³-hybridized carbons (Fsp3) is 0.391. The molecule has 0 bridgehead atoms. The third kappa shape index (κ3) is 3.76. The van der Waals surface area contributed by atoms with Gasteiger partial charge in [0.15, 0.2) is 11.5 Å². The van der Waals surface area contributed by atoms with Crippen LogP contribution in [0.25, 0.3) is 11.0 Å². The molecule has 1 amide bonds. The highest BCUT2D eigenvalue weighted by Crippen LogP contribution is 2.38. The number of hydrogen-bond donors (Lipinski definition) is 0. The van der Waals surface area contributed by atoms with Crippen molar-refractivity contribution >= 4 is 16.9 Å². The van der Waals surface area contributed by atoms with Gasteiger partial charge in [-0.2, -0.15) is 13.2 Å². The second-order valence-corrected chi connectivity index (χ2v) is 8.01. The first kappa shape index (κ1) is 20.7. The van der Waals surface area contributed by atoms with Crippen molar-refractivity contribution in [2.75, 3.05) is 19.8 Å². The molecule has 3 heterocycles. The fourth-order valence-electron chi connectivity index (χ4n) is 4.48. The van der Waals surface area contributed by atoms with Crippen molar-refractivity contribution in [2.45, 2.75) is 38.0 Å². The number of imidazole rings is 1. The molecule has 2 aliphatic heterocycles. The lowest BCUT2D eigenvalue weighted by atomic mass is 10.0. The molecule has 168 valence electrons. The van der Waals surface area contributed by atoms with Crippen LogP contribution < -0.4 is 9.47 Å². The van der Waals surface area contributed by atoms with E-state index in [-0.39, 0.29) is 17.5 Å². The second kappa shape index (κ2) is 8.03. The SMILES string of the molecule is O=C(Cn1c(C(F)(F)F)nc2ccccc21)N1CCC[C@@H]1c1ccc2c(c1)OCCCO2. The van der Waals surface area contributed by atoms with Crippen molar-refractivity contribution in [3.8, 4) is 11.5 Å². The summed E-state index contributed by atoms with van der Waals surface area (Å²) in [6.45, 7) is 1.21. The van der Waals surface area contributed by atoms with Gasteiger partial charge in [-0.1, -0.05) is 18.2 Å². The number of aromatic nitrogens is 2. The van der Waals surface area contributed by atoms with Crippen LogP contribution in [0.15, 0.2) is 42.5 Å². The molecule has 1 atom stereocenters. The van der Waals surface area contributed by atoms with E-state index in [9.17, 15) is 18.0 Å². The summed E-state index contributed by atoms with van der Waals surface area (Å²) in [7, 11) is 0. The molecule has 1 fully saturated rings. The predicted molar refractivity (Wildman–Crippen MR) is 110 cm³/mol. The predicted octanol–water partition coefficient (Wildman–Crippen LogP) is 4.58. The molecular weight excluding hydrogens is 423 g/mol. The van der Waals surface area contributed by atoms with Crippen molar-refractivity contribution in [1.29, 1.82) is 0 Å². The molecule has 0 saturated carbocycles. The molecule has 1 saturated heterocycles. The maximum atomic E-state index is 13.6. The lowest BCUT2D eigenvalue weighted by molar-refractivity contribution is -0.148. The van der Waals surface area contributed by atoms with Crippen molar-refractivity contribution in [3.63, 3.8) is 0 Å². The molecule has 0 N–H and O–H groups in total. The molecule has 6 nitrogen and oxygen atoms in total. The third-order valence-electron chi connectivity index (χ3n) is 5.93. The molecule has 0 spiro atoms. The third-order valence-corrected chi connectivity index (χ3v) is 5.93. The van der Waals surface area contributed by atoms with E-state index in [0.29, 0.717) is 36.8 Å². The molecule has 2 aromatic carbocycles. The van der Waals surface area contributed by atoms with Crippen LogP contribution in [0.3, 0.4) is 0 Å². The number of halogens is 3. The first-order chi connectivity index (χ1) is 15.4. The zero-order chi connectivity index (χ0) is 22.3. The zero-order valence-corrected chi connectivity index (χ0v) is 17.3. The Labute approximate surface area is 182 Å². The van der Waals surface area contributed by atoms with Crippen LogP contribution in [0.2, 0.25) is 0 Å². The maximum Gasteiger partial charge on any atom is 0.449 e. The van der Waals surface area contributed by atoms with Gasteiger partial charge in [-0.05, 0) is 42.7 Å². The van der Waals surface area contributed by atoms with Crippen LogP contribution in [0.1, 0.15) is 36.7 Å². The normalized spacial score (nSPS) is 18.7. The van der Waals surface area contributed by atoms with Gasteiger partial charge < -0.3 is 18.9 Å². The number of alkyl halides is 3. The molecule has 5 rings (SSSR count). The Kier molecular flexibility index (Phi) is 5.19. The lowest BCUT2D eigenvalue weighted by Crippen LogP contribution is -2.34. The minimum absolute atomic E-state index is 0.216. The first-order valence-electron chi connectivity index (χ1n) is 10.6. The maximum absolute atomic E-state index is 13.6. The van der Waals surface area contributed by atoms with Crippen LogP contribution >= 0.6 is 0 Å².